The molecule has 1 aromatic rings. The minimum Gasteiger partial charge on any atom is -0.504 e. The minimum atomic E-state index is -0.821. The van der Waals surface area contributed by atoms with Crippen LogP contribution in [-0.2, 0) is 4.79 Å². The molecule has 0 aromatic heterocycles. The molecule has 1 aromatic carbocycles. The molecular weight excluding hydrogens is 312 g/mol. The number of benzene rings is 1. The van der Waals surface area contributed by atoms with Gasteiger partial charge in [-0.25, -0.2) is 0 Å². The fraction of sp³-hybridized carbons (Fsp3) is 0.500. The Labute approximate surface area is 120 Å². The lowest BCUT2D eigenvalue weighted by molar-refractivity contribution is -0.137. The summed E-state index contributed by atoms with van der Waals surface area (Å²) in [7, 11) is 1.50. The van der Waals surface area contributed by atoms with Crippen molar-refractivity contribution in [3.63, 3.8) is 0 Å². The molecule has 0 aliphatic heterocycles. The number of hydrogen-bond donors (Lipinski definition) is 2. The van der Waals surface area contributed by atoms with E-state index in [1.165, 1.54) is 7.11 Å². The van der Waals surface area contributed by atoms with Crippen molar-refractivity contribution in [3.8, 4) is 11.5 Å². The van der Waals surface area contributed by atoms with Gasteiger partial charge in [-0.15, -0.1) is 0 Å². The van der Waals surface area contributed by atoms with Gasteiger partial charge in [-0.1, -0.05) is 15.9 Å². The third kappa shape index (κ3) is 2.86. The van der Waals surface area contributed by atoms with Crippen LogP contribution in [-0.4, -0.2) is 23.3 Å². The van der Waals surface area contributed by atoms with Gasteiger partial charge in [-0.3, -0.25) is 4.79 Å². The second-order valence-corrected chi connectivity index (χ2v) is 5.85. The number of methoxy groups -OCH3 is 1. The van der Waals surface area contributed by atoms with E-state index in [9.17, 15) is 9.90 Å². The van der Waals surface area contributed by atoms with Gasteiger partial charge in [-0.2, -0.15) is 0 Å². The highest BCUT2D eigenvalue weighted by atomic mass is 79.9. The van der Waals surface area contributed by atoms with Crippen LogP contribution in [0.1, 0.15) is 36.3 Å². The average molecular weight is 329 g/mol. The molecule has 2 rings (SSSR count). The Balaban J connectivity index is 2.53. The predicted octanol–water partition coefficient (Wildman–Crippen LogP) is 3.44. The van der Waals surface area contributed by atoms with Gasteiger partial charge < -0.3 is 14.9 Å². The van der Waals surface area contributed by atoms with Crippen LogP contribution < -0.4 is 4.74 Å². The Morgan fingerprint density at radius 3 is 2.68 bits per heavy atom. The van der Waals surface area contributed by atoms with Gasteiger partial charge in [0.05, 0.1) is 13.5 Å². The van der Waals surface area contributed by atoms with Crippen LogP contribution in [0.4, 0.5) is 0 Å². The van der Waals surface area contributed by atoms with Gasteiger partial charge >= 0.3 is 5.97 Å². The molecular formula is C14H17BrO4. The van der Waals surface area contributed by atoms with Crippen molar-refractivity contribution in [3.05, 3.63) is 21.7 Å². The molecule has 0 bridgehead atoms. The second-order valence-electron chi connectivity index (χ2n) is 4.99. The molecule has 0 amide bonds. The van der Waals surface area contributed by atoms with E-state index < -0.39 is 5.97 Å². The predicted molar refractivity (Wildman–Crippen MR) is 74.8 cm³/mol. The van der Waals surface area contributed by atoms with Crippen molar-refractivity contribution in [1.29, 1.82) is 0 Å². The summed E-state index contributed by atoms with van der Waals surface area (Å²) in [6, 6.07) is 1.59. The molecule has 0 radical (unpaired) electrons. The SMILES string of the molecule is COc1c(O)cc(Br)c(C)c1C(CC(=O)O)C1CC1. The van der Waals surface area contributed by atoms with E-state index in [-0.39, 0.29) is 18.1 Å². The fourth-order valence-corrected chi connectivity index (χ4v) is 3.01. The van der Waals surface area contributed by atoms with Crippen molar-refractivity contribution in [2.24, 2.45) is 5.92 Å². The summed E-state index contributed by atoms with van der Waals surface area (Å²) >= 11 is 3.40. The summed E-state index contributed by atoms with van der Waals surface area (Å²) < 4.78 is 6.06. The van der Waals surface area contributed by atoms with E-state index in [0.29, 0.717) is 11.7 Å². The summed E-state index contributed by atoms with van der Waals surface area (Å²) in [5.41, 5.74) is 1.76. The number of aliphatic carboxylic acids is 1. The average Bonchev–Trinajstić information content (AvgIpc) is 3.14. The fourth-order valence-electron chi connectivity index (χ4n) is 2.58. The first-order chi connectivity index (χ1) is 8.95. The van der Waals surface area contributed by atoms with Crippen molar-refractivity contribution < 1.29 is 19.7 Å². The number of phenolic OH excluding ortho intramolecular Hbond substituents is 1. The van der Waals surface area contributed by atoms with Crippen LogP contribution in [0.15, 0.2) is 10.5 Å². The summed E-state index contributed by atoms with van der Waals surface area (Å²) in [4.78, 5) is 11.1. The zero-order chi connectivity index (χ0) is 14.2. The Bertz CT molecular complexity index is 509. The quantitative estimate of drug-likeness (QED) is 0.868. The molecule has 2 N–H and O–H groups in total. The maximum absolute atomic E-state index is 11.1. The number of carboxylic acid groups (broad SMARTS) is 1. The minimum absolute atomic E-state index is 0.0472. The first-order valence-corrected chi connectivity index (χ1v) is 7.02. The van der Waals surface area contributed by atoms with Gasteiger partial charge in [-0.05, 0) is 37.3 Å². The largest absolute Gasteiger partial charge is 0.504 e. The highest BCUT2D eigenvalue weighted by Crippen LogP contribution is 2.51. The van der Waals surface area contributed by atoms with Gasteiger partial charge in [0.1, 0.15) is 0 Å². The Morgan fingerprint density at radius 1 is 1.58 bits per heavy atom. The Kier molecular flexibility index (Phi) is 4.04. The maximum atomic E-state index is 11.1. The van der Waals surface area contributed by atoms with Gasteiger partial charge in [0.25, 0.3) is 0 Å². The first kappa shape index (κ1) is 14.2. The van der Waals surface area contributed by atoms with E-state index >= 15 is 0 Å². The lowest BCUT2D eigenvalue weighted by Gasteiger charge is -2.22. The lowest BCUT2D eigenvalue weighted by atomic mass is 9.87. The standard InChI is InChI=1S/C14H17BrO4/c1-7-10(15)6-11(16)14(19-2)13(7)9(5-12(17)18)8-3-4-8/h6,8-9,16H,3-5H2,1-2H3,(H,17,18). The van der Waals surface area contributed by atoms with E-state index in [1.807, 2.05) is 6.92 Å². The maximum Gasteiger partial charge on any atom is 0.303 e. The number of halogens is 1. The summed E-state index contributed by atoms with van der Waals surface area (Å²) in [5, 5.41) is 19.1. The molecule has 5 heteroatoms. The third-order valence-electron chi connectivity index (χ3n) is 3.66. The van der Waals surface area contributed by atoms with Crippen LogP contribution in [0.2, 0.25) is 0 Å². The van der Waals surface area contributed by atoms with E-state index in [2.05, 4.69) is 15.9 Å². The number of aromatic hydroxyl groups is 1. The van der Waals surface area contributed by atoms with E-state index in [4.69, 9.17) is 9.84 Å². The molecule has 0 saturated heterocycles. The summed E-state index contributed by atoms with van der Waals surface area (Å²) in [6.07, 6.45) is 2.14. The first-order valence-electron chi connectivity index (χ1n) is 6.23. The van der Waals surface area contributed by atoms with Crippen LogP contribution in [0.3, 0.4) is 0 Å². The summed E-state index contributed by atoms with van der Waals surface area (Å²) in [5.74, 6) is -0.101. The molecule has 0 heterocycles. The number of ether oxygens (including phenoxy) is 1. The van der Waals surface area contributed by atoms with Gasteiger partial charge in [0, 0.05) is 16.0 Å². The zero-order valence-corrected chi connectivity index (χ0v) is 12.5. The molecule has 104 valence electrons. The molecule has 1 atom stereocenters. The van der Waals surface area contributed by atoms with Crippen LogP contribution in [0.25, 0.3) is 0 Å². The second kappa shape index (κ2) is 5.41. The number of rotatable bonds is 5. The number of phenols is 1. The molecule has 19 heavy (non-hydrogen) atoms. The van der Waals surface area contributed by atoms with Crippen LogP contribution >= 0.6 is 15.9 Å². The number of hydrogen-bond acceptors (Lipinski definition) is 3. The van der Waals surface area contributed by atoms with Crippen molar-refractivity contribution in [2.45, 2.75) is 32.1 Å². The van der Waals surface area contributed by atoms with Gasteiger partial charge in [0.15, 0.2) is 11.5 Å². The van der Waals surface area contributed by atoms with E-state index in [0.717, 1.165) is 28.4 Å². The highest BCUT2D eigenvalue weighted by Gasteiger charge is 2.37. The monoisotopic (exact) mass is 328 g/mol. The summed E-state index contributed by atoms with van der Waals surface area (Å²) in [6.45, 7) is 1.92. The van der Waals surface area contributed by atoms with Crippen molar-refractivity contribution in [1.82, 2.24) is 0 Å². The highest BCUT2D eigenvalue weighted by molar-refractivity contribution is 9.10. The smallest absolute Gasteiger partial charge is 0.303 e. The molecule has 0 spiro atoms. The molecule has 1 fully saturated rings. The molecule has 1 aliphatic rings. The lowest BCUT2D eigenvalue weighted by Crippen LogP contribution is -2.11. The third-order valence-corrected chi connectivity index (χ3v) is 4.49. The number of carbonyl (C=O) groups is 1. The molecule has 1 saturated carbocycles. The molecule has 4 nitrogen and oxygen atoms in total. The topological polar surface area (TPSA) is 66.8 Å². The van der Waals surface area contributed by atoms with Crippen LogP contribution in [0.5, 0.6) is 11.5 Å². The van der Waals surface area contributed by atoms with E-state index in [1.54, 1.807) is 6.07 Å². The molecule has 1 unspecified atom stereocenters. The van der Waals surface area contributed by atoms with Crippen molar-refractivity contribution in [2.75, 3.05) is 7.11 Å². The number of carboxylic acids is 1. The van der Waals surface area contributed by atoms with Crippen LogP contribution in [0, 0.1) is 12.8 Å². The Hall–Kier alpha value is -1.23. The van der Waals surface area contributed by atoms with Gasteiger partial charge in [0.2, 0.25) is 0 Å². The zero-order valence-electron chi connectivity index (χ0n) is 10.9. The Morgan fingerprint density at radius 2 is 2.21 bits per heavy atom. The van der Waals surface area contributed by atoms with Crippen molar-refractivity contribution >= 4 is 21.9 Å². The molecule has 1 aliphatic carbocycles. The normalized spacial score (nSPS) is 16.2.